The fraction of sp³-hybridized carbons (Fsp3) is 0.684. The van der Waals surface area contributed by atoms with Crippen LogP contribution in [0.5, 0.6) is 0 Å². The van der Waals surface area contributed by atoms with Gasteiger partial charge in [0, 0.05) is 19.1 Å². The van der Waals surface area contributed by atoms with E-state index in [9.17, 15) is 9.59 Å². The summed E-state index contributed by atoms with van der Waals surface area (Å²) in [5, 5.41) is 5.81. The van der Waals surface area contributed by atoms with Gasteiger partial charge in [0.2, 0.25) is 5.91 Å². The second-order valence-corrected chi connectivity index (χ2v) is 7.51. The molecule has 1 aromatic heterocycles. The van der Waals surface area contributed by atoms with Crippen LogP contribution in [-0.4, -0.2) is 48.4 Å². The molecular weight excluding hydrogens is 318 g/mol. The molecule has 0 radical (unpaired) electrons. The van der Waals surface area contributed by atoms with Crippen LogP contribution in [0.15, 0.2) is 22.8 Å². The molecule has 0 spiro atoms. The summed E-state index contributed by atoms with van der Waals surface area (Å²) in [5.74, 6) is 0.198. The third-order valence-corrected chi connectivity index (χ3v) is 4.83. The van der Waals surface area contributed by atoms with Crippen molar-refractivity contribution < 1.29 is 14.0 Å². The summed E-state index contributed by atoms with van der Waals surface area (Å²) in [4.78, 5) is 27.2. The molecule has 1 aromatic rings. The normalized spacial score (nSPS) is 19.8. The number of hydrogen-bond donors (Lipinski definition) is 2. The predicted molar refractivity (Wildman–Crippen MR) is 97.2 cm³/mol. The first kappa shape index (κ1) is 19.5. The van der Waals surface area contributed by atoms with Crippen molar-refractivity contribution >= 4 is 11.8 Å². The van der Waals surface area contributed by atoms with Crippen molar-refractivity contribution in [2.75, 3.05) is 19.6 Å². The fourth-order valence-electron chi connectivity index (χ4n) is 3.24. The van der Waals surface area contributed by atoms with E-state index in [0.29, 0.717) is 18.5 Å². The molecule has 0 bridgehead atoms. The Labute approximate surface area is 150 Å². The van der Waals surface area contributed by atoms with Crippen molar-refractivity contribution in [3.8, 4) is 0 Å². The summed E-state index contributed by atoms with van der Waals surface area (Å²) in [7, 11) is 0. The highest BCUT2D eigenvalue weighted by atomic mass is 16.3. The van der Waals surface area contributed by atoms with Crippen LogP contribution in [0.3, 0.4) is 0 Å². The van der Waals surface area contributed by atoms with Crippen molar-refractivity contribution in [1.82, 2.24) is 15.5 Å². The van der Waals surface area contributed by atoms with Gasteiger partial charge in [-0.05, 0) is 57.2 Å². The molecule has 2 atom stereocenters. The maximum absolute atomic E-state index is 12.6. The van der Waals surface area contributed by atoms with Crippen LogP contribution in [-0.2, 0) is 4.79 Å². The van der Waals surface area contributed by atoms with Gasteiger partial charge in [-0.15, -0.1) is 0 Å². The van der Waals surface area contributed by atoms with Crippen LogP contribution in [0.1, 0.15) is 51.1 Å². The zero-order valence-corrected chi connectivity index (χ0v) is 15.7. The van der Waals surface area contributed by atoms with Gasteiger partial charge in [0.15, 0.2) is 5.76 Å². The maximum atomic E-state index is 12.6. The molecule has 1 saturated heterocycles. The third kappa shape index (κ3) is 5.59. The average molecular weight is 349 g/mol. The summed E-state index contributed by atoms with van der Waals surface area (Å²) < 4.78 is 5.10. The number of likely N-dealkylation sites (tertiary alicyclic amines) is 1. The summed E-state index contributed by atoms with van der Waals surface area (Å²) >= 11 is 0. The molecule has 2 N–H and O–H groups in total. The Balaban J connectivity index is 1.86. The minimum atomic E-state index is -0.567. The lowest BCUT2D eigenvalue weighted by Gasteiger charge is -2.35. The molecule has 0 aliphatic carbocycles. The van der Waals surface area contributed by atoms with Crippen LogP contribution in [0.4, 0.5) is 0 Å². The van der Waals surface area contributed by atoms with E-state index in [0.717, 1.165) is 19.5 Å². The Kier molecular flexibility index (Phi) is 7.05. The quantitative estimate of drug-likeness (QED) is 0.792. The molecular formula is C19H31N3O3. The van der Waals surface area contributed by atoms with Gasteiger partial charge < -0.3 is 20.0 Å². The topological polar surface area (TPSA) is 74.6 Å². The lowest BCUT2D eigenvalue weighted by Crippen LogP contribution is -2.51. The minimum Gasteiger partial charge on any atom is -0.459 e. The largest absolute Gasteiger partial charge is 0.459 e. The number of rotatable bonds is 7. The second kappa shape index (κ2) is 9.04. The Morgan fingerprint density at radius 3 is 2.68 bits per heavy atom. The zero-order valence-electron chi connectivity index (χ0n) is 15.7. The van der Waals surface area contributed by atoms with E-state index in [1.54, 1.807) is 12.1 Å². The highest BCUT2D eigenvalue weighted by Crippen LogP contribution is 2.18. The number of amides is 2. The number of nitrogens with one attached hydrogen (secondary N) is 2. The molecule has 1 aliphatic rings. The molecule has 2 unspecified atom stereocenters. The summed E-state index contributed by atoms with van der Waals surface area (Å²) in [6, 6.07) is 3.22. The standard InChI is InChI=1S/C19H31N3O3/c1-13(2)17(21-18(23)16-8-6-10-25-16)19(24)20-11-15-7-5-9-22(12-15)14(3)4/h6,8,10,13-15,17H,5,7,9,11-12H2,1-4H3,(H,20,24)(H,21,23). The number of hydrogen-bond acceptors (Lipinski definition) is 4. The monoisotopic (exact) mass is 349 g/mol. The van der Waals surface area contributed by atoms with Crippen LogP contribution < -0.4 is 10.6 Å². The molecule has 25 heavy (non-hydrogen) atoms. The fourth-order valence-corrected chi connectivity index (χ4v) is 3.24. The molecule has 2 amide bonds. The minimum absolute atomic E-state index is 0.00238. The van der Waals surface area contributed by atoms with Gasteiger partial charge in [-0.1, -0.05) is 13.8 Å². The van der Waals surface area contributed by atoms with Crippen molar-refractivity contribution in [2.24, 2.45) is 11.8 Å². The van der Waals surface area contributed by atoms with E-state index in [1.165, 1.54) is 12.7 Å². The van der Waals surface area contributed by atoms with E-state index in [-0.39, 0.29) is 23.5 Å². The van der Waals surface area contributed by atoms with E-state index in [4.69, 9.17) is 4.42 Å². The molecule has 140 valence electrons. The Morgan fingerprint density at radius 2 is 2.08 bits per heavy atom. The lowest BCUT2D eigenvalue weighted by molar-refractivity contribution is -0.124. The maximum Gasteiger partial charge on any atom is 0.287 e. The predicted octanol–water partition coefficient (Wildman–Crippen LogP) is 2.27. The van der Waals surface area contributed by atoms with E-state index in [1.807, 2.05) is 13.8 Å². The van der Waals surface area contributed by atoms with Gasteiger partial charge in [-0.3, -0.25) is 9.59 Å². The number of furan rings is 1. The van der Waals surface area contributed by atoms with Gasteiger partial charge in [0.1, 0.15) is 6.04 Å². The smallest absolute Gasteiger partial charge is 0.287 e. The van der Waals surface area contributed by atoms with E-state index < -0.39 is 6.04 Å². The van der Waals surface area contributed by atoms with E-state index >= 15 is 0 Å². The Hall–Kier alpha value is -1.82. The van der Waals surface area contributed by atoms with Crippen LogP contribution >= 0.6 is 0 Å². The summed E-state index contributed by atoms with van der Waals surface area (Å²) in [6.45, 7) is 11.1. The van der Waals surface area contributed by atoms with Gasteiger partial charge in [-0.25, -0.2) is 0 Å². The highest BCUT2D eigenvalue weighted by Gasteiger charge is 2.27. The van der Waals surface area contributed by atoms with Crippen molar-refractivity contribution in [3.63, 3.8) is 0 Å². The van der Waals surface area contributed by atoms with Crippen molar-refractivity contribution in [1.29, 1.82) is 0 Å². The third-order valence-electron chi connectivity index (χ3n) is 4.83. The first-order chi connectivity index (χ1) is 11.9. The molecule has 2 rings (SSSR count). The van der Waals surface area contributed by atoms with Crippen LogP contribution in [0.2, 0.25) is 0 Å². The molecule has 0 saturated carbocycles. The van der Waals surface area contributed by atoms with Crippen molar-refractivity contribution in [2.45, 2.75) is 52.6 Å². The first-order valence-corrected chi connectivity index (χ1v) is 9.24. The van der Waals surface area contributed by atoms with Gasteiger partial charge in [0.05, 0.1) is 6.26 Å². The summed E-state index contributed by atoms with van der Waals surface area (Å²) in [6.07, 6.45) is 3.75. The SMILES string of the molecule is CC(C)C(NC(=O)c1ccco1)C(=O)NCC1CCCN(C(C)C)C1. The first-order valence-electron chi connectivity index (χ1n) is 9.24. The summed E-state index contributed by atoms with van der Waals surface area (Å²) in [5.41, 5.74) is 0. The molecule has 1 aliphatic heterocycles. The second-order valence-electron chi connectivity index (χ2n) is 7.51. The van der Waals surface area contributed by atoms with Crippen LogP contribution in [0, 0.1) is 11.8 Å². The van der Waals surface area contributed by atoms with Gasteiger partial charge in [0.25, 0.3) is 5.91 Å². The molecule has 6 heteroatoms. The van der Waals surface area contributed by atoms with Gasteiger partial charge in [-0.2, -0.15) is 0 Å². The number of carbonyl (C=O) groups excluding carboxylic acids is 2. The Morgan fingerprint density at radius 1 is 1.32 bits per heavy atom. The van der Waals surface area contributed by atoms with Gasteiger partial charge >= 0.3 is 0 Å². The zero-order chi connectivity index (χ0) is 18.4. The Bertz CT molecular complexity index is 554. The number of piperidine rings is 1. The molecule has 0 aromatic carbocycles. The molecule has 6 nitrogen and oxygen atoms in total. The average Bonchev–Trinajstić information content (AvgIpc) is 3.12. The number of nitrogens with zero attached hydrogens (tertiary/aromatic N) is 1. The van der Waals surface area contributed by atoms with Crippen LogP contribution in [0.25, 0.3) is 0 Å². The molecule has 1 fully saturated rings. The number of carbonyl (C=O) groups is 2. The molecule has 2 heterocycles. The highest BCUT2D eigenvalue weighted by molar-refractivity contribution is 5.95. The van der Waals surface area contributed by atoms with E-state index in [2.05, 4.69) is 29.4 Å². The van der Waals surface area contributed by atoms with Crippen molar-refractivity contribution in [3.05, 3.63) is 24.2 Å². The lowest BCUT2D eigenvalue weighted by atomic mass is 9.96.